The maximum Gasteiger partial charge on any atom is 0.358 e. The van der Waals surface area contributed by atoms with Crippen molar-refractivity contribution in [2.75, 3.05) is 0 Å². The minimum atomic E-state index is -0.306. The van der Waals surface area contributed by atoms with E-state index in [-0.39, 0.29) is 5.63 Å². The molecule has 0 N–H and O–H groups in total. The Morgan fingerprint density at radius 2 is 2.06 bits per heavy atom. The van der Waals surface area contributed by atoms with Crippen LogP contribution < -0.4 is 5.63 Å². The highest BCUT2D eigenvalue weighted by atomic mass is 16.4. The molecule has 0 atom stereocenters. The molecule has 2 aromatic rings. The number of nitrogens with zero attached hydrogens (tertiary/aromatic N) is 1. The number of hydrogen-bond acceptors (Lipinski definition) is 3. The second-order valence-corrected chi connectivity index (χ2v) is 4.35. The lowest BCUT2D eigenvalue weighted by molar-refractivity contribution is 0.521. The Hall–Kier alpha value is -1.64. The predicted octanol–water partition coefficient (Wildman–Crippen LogP) is 2.78. The molecule has 0 aliphatic rings. The lowest BCUT2D eigenvalue weighted by atomic mass is 10.1. The number of para-hydroxylation sites is 2. The molecule has 0 saturated carbocycles. The molecule has 1 aromatic carbocycles. The van der Waals surface area contributed by atoms with Crippen molar-refractivity contribution in [2.45, 2.75) is 26.7 Å². The van der Waals surface area contributed by atoms with E-state index in [0.29, 0.717) is 23.6 Å². The third-order valence-electron chi connectivity index (χ3n) is 2.52. The van der Waals surface area contributed by atoms with E-state index in [0.717, 1.165) is 11.9 Å². The SMILES string of the molecule is CC(C)CCc1nc2ccccc2oc1=O. The number of aryl methyl sites for hydroxylation is 1. The van der Waals surface area contributed by atoms with E-state index >= 15 is 0 Å². The molecule has 0 aliphatic heterocycles. The van der Waals surface area contributed by atoms with Crippen molar-refractivity contribution in [3.63, 3.8) is 0 Å². The predicted molar refractivity (Wildman–Crippen MR) is 63.4 cm³/mol. The third kappa shape index (κ3) is 2.30. The summed E-state index contributed by atoms with van der Waals surface area (Å²) in [6, 6.07) is 7.34. The largest absolute Gasteiger partial charge is 0.420 e. The summed E-state index contributed by atoms with van der Waals surface area (Å²) in [4.78, 5) is 16.0. The topological polar surface area (TPSA) is 43.1 Å². The molecule has 1 aromatic heterocycles. The maximum atomic E-state index is 11.6. The summed E-state index contributed by atoms with van der Waals surface area (Å²) in [6.07, 6.45) is 1.64. The van der Waals surface area contributed by atoms with Crippen molar-refractivity contribution < 1.29 is 4.42 Å². The summed E-state index contributed by atoms with van der Waals surface area (Å²) in [5, 5.41) is 0. The van der Waals surface area contributed by atoms with Crippen LogP contribution in [0.2, 0.25) is 0 Å². The minimum Gasteiger partial charge on any atom is -0.420 e. The molecule has 3 nitrogen and oxygen atoms in total. The standard InChI is InChI=1S/C13H15NO2/c1-9(2)7-8-11-13(15)16-12-6-4-3-5-10(12)14-11/h3-6,9H,7-8H2,1-2H3. The van der Waals surface area contributed by atoms with Gasteiger partial charge in [0.15, 0.2) is 5.58 Å². The fourth-order valence-electron chi connectivity index (χ4n) is 1.57. The van der Waals surface area contributed by atoms with Gasteiger partial charge in [0, 0.05) is 0 Å². The summed E-state index contributed by atoms with van der Waals surface area (Å²) in [5.74, 6) is 0.563. The lowest BCUT2D eigenvalue weighted by Gasteiger charge is -2.03. The molecule has 2 rings (SSSR count). The van der Waals surface area contributed by atoms with Crippen LogP contribution in [-0.2, 0) is 6.42 Å². The Balaban J connectivity index is 2.38. The highest BCUT2D eigenvalue weighted by molar-refractivity contribution is 5.71. The monoisotopic (exact) mass is 217 g/mol. The molecule has 0 spiro atoms. The molecular formula is C13H15NO2. The summed E-state index contributed by atoms with van der Waals surface area (Å²) in [7, 11) is 0. The van der Waals surface area contributed by atoms with Crippen LogP contribution in [0, 0.1) is 5.92 Å². The van der Waals surface area contributed by atoms with Gasteiger partial charge in [-0.2, -0.15) is 0 Å². The first-order valence-corrected chi connectivity index (χ1v) is 5.55. The Kier molecular flexibility index (Phi) is 3.04. The van der Waals surface area contributed by atoms with Crippen LogP contribution >= 0.6 is 0 Å². The van der Waals surface area contributed by atoms with Crippen LogP contribution in [-0.4, -0.2) is 4.98 Å². The second kappa shape index (κ2) is 4.47. The van der Waals surface area contributed by atoms with Crippen molar-refractivity contribution >= 4 is 11.1 Å². The highest BCUT2D eigenvalue weighted by Crippen LogP contribution is 2.10. The van der Waals surface area contributed by atoms with Gasteiger partial charge >= 0.3 is 5.63 Å². The molecule has 1 heterocycles. The van der Waals surface area contributed by atoms with Crippen molar-refractivity contribution in [1.29, 1.82) is 0 Å². The zero-order valence-corrected chi connectivity index (χ0v) is 9.56. The van der Waals surface area contributed by atoms with Gasteiger partial charge in [-0.25, -0.2) is 9.78 Å². The van der Waals surface area contributed by atoms with Crippen molar-refractivity contribution in [2.24, 2.45) is 5.92 Å². The van der Waals surface area contributed by atoms with E-state index in [4.69, 9.17) is 4.42 Å². The fourth-order valence-corrected chi connectivity index (χ4v) is 1.57. The van der Waals surface area contributed by atoms with Gasteiger partial charge in [-0.1, -0.05) is 26.0 Å². The molecule has 0 amide bonds. The van der Waals surface area contributed by atoms with Crippen molar-refractivity contribution in [1.82, 2.24) is 4.98 Å². The Bertz CT molecular complexity index is 543. The number of hydrogen-bond donors (Lipinski definition) is 0. The maximum absolute atomic E-state index is 11.6. The number of rotatable bonds is 3. The van der Waals surface area contributed by atoms with Crippen LogP contribution in [0.5, 0.6) is 0 Å². The van der Waals surface area contributed by atoms with E-state index in [9.17, 15) is 4.79 Å². The van der Waals surface area contributed by atoms with Crippen LogP contribution in [0.4, 0.5) is 0 Å². The quantitative estimate of drug-likeness (QED) is 0.794. The van der Waals surface area contributed by atoms with Crippen LogP contribution in [0.3, 0.4) is 0 Å². The van der Waals surface area contributed by atoms with Gasteiger partial charge in [-0.3, -0.25) is 0 Å². The Morgan fingerprint density at radius 1 is 1.31 bits per heavy atom. The summed E-state index contributed by atoms with van der Waals surface area (Å²) in [5.41, 5.74) is 1.54. The highest BCUT2D eigenvalue weighted by Gasteiger charge is 2.07. The molecular weight excluding hydrogens is 202 g/mol. The molecule has 0 saturated heterocycles. The van der Waals surface area contributed by atoms with Gasteiger partial charge in [0.2, 0.25) is 0 Å². The molecule has 16 heavy (non-hydrogen) atoms. The molecule has 84 valence electrons. The molecule has 0 fully saturated rings. The number of benzene rings is 1. The first-order chi connectivity index (χ1) is 7.66. The van der Waals surface area contributed by atoms with Gasteiger partial charge in [0.05, 0.1) is 0 Å². The van der Waals surface area contributed by atoms with Gasteiger partial charge in [-0.05, 0) is 30.9 Å². The molecule has 0 unspecified atom stereocenters. The van der Waals surface area contributed by atoms with E-state index in [1.165, 1.54) is 0 Å². The van der Waals surface area contributed by atoms with E-state index in [2.05, 4.69) is 18.8 Å². The van der Waals surface area contributed by atoms with Crippen LogP contribution in [0.1, 0.15) is 26.0 Å². The molecule has 0 radical (unpaired) electrons. The molecule has 3 heteroatoms. The number of fused-ring (bicyclic) bond motifs is 1. The van der Waals surface area contributed by atoms with Crippen molar-refractivity contribution in [3.05, 3.63) is 40.4 Å². The summed E-state index contributed by atoms with van der Waals surface area (Å²) >= 11 is 0. The molecule has 0 aliphatic carbocycles. The van der Waals surface area contributed by atoms with E-state index in [1.54, 1.807) is 6.07 Å². The van der Waals surface area contributed by atoms with Gasteiger partial charge in [0.1, 0.15) is 11.2 Å². The van der Waals surface area contributed by atoms with Crippen LogP contribution in [0.15, 0.2) is 33.5 Å². The minimum absolute atomic E-state index is 0.306. The summed E-state index contributed by atoms with van der Waals surface area (Å²) < 4.78 is 5.21. The van der Waals surface area contributed by atoms with E-state index in [1.807, 2.05) is 18.2 Å². The zero-order valence-electron chi connectivity index (χ0n) is 9.56. The second-order valence-electron chi connectivity index (χ2n) is 4.35. The average molecular weight is 217 g/mol. The lowest BCUT2D eigenvalue weighted by Crippen LogP contribution is -2.11. The fraction of sp³-hybridized carbons (Fsp3) is 0.385. The first kappa shape index (κ1) is 10.9. The van der Waals surface area contributed by atoms with Gasteiger partial charge in [-0.15, -0.1) is 0 Å². The van der Waals surface area contributed by atoms with E-state index < -0.39 is 0 Å². The zero-order chi connectivity index (χ0) is 11.5. The smallest absolute Gasteiger partial charge is 0.358 e. The third-order valence-corrected chi connectivity index (χ3v) is 2.52. The average Bonchev–Trinajstić information content (AvgIpc) is 2.26. The molecule has 0 bridgehead atoms. The number of aromatic nitrogens is 1. The normalized spacial score (nSPS) is 11.2. The summed E-state index contributed by atoms with van der Waals surface area (Å²) in [6.45, 7) is 4.26. The Labute approximate surface area is 94.1 Å². The first-order valence-electron chi connectivity index (χ1n) is 5.55. The Morgan fingerprint density at radius 3 is 2.81 bits per heavy atom. The van der Waals surface area contributed by atoms with Crippen molar-refractivity contribution in [3.8, 4) is 0 Å². The van der Waals surface area contributed by atoms with Gasteiger partial charge in [0.25, 0.3) is 0 Å². The van der Waals surface area contributed by atoms with Crippen LogP contribution in [0.25, 0.3) is 11.1 Å². The van der Waals surface area contributed by atoms with Gasteiger partial charge < -0.3 is 4.42 Å².